The van der Waals surface area contributed by atoms with E-state index >= 15 is 0 Å². The van der Waals surface area contributed by atoms with E-state index in [1.54, 1.807) is 6.07 Å². The van der Waals surface area contributed by atoms with Gasteiger partial charge in [0, 0.05) is 11.6 Å². The summed E-state index contributed by atoms with van der Waals surface area (Å²) < 4.78 is 34.4. The summed E-state index contributed by atoms with van der Waals surface area (Å²) >= 11 is 0. The topological polar surface area (TPSA) is 92.3 Å². The Hall–Kier alpha value is -2.38. The SMILES string of the molecule is O=S(=O)(O)Oc1ccc2nc(-c3ccccc3)[nH]c2c1. The van der Waals surface area contributed by atoms with Crippen LogP contribution >= 0.6 is 0 Å². The second-order valence-electron chi connectivity index (χ2n) is 4.14. The number of imidazole rings is 1. The van der Waals surface area contributed by atoms with Crippen molar-refractivity contribution in [3.05, 3.63) is 48.5 Å². The molecule has 0 aliphatic heterocycles. The highest BCUT2D eigenvalue weighted by molar-refractivity contribution is 7.81. The number of H-pyrrole nitrogens is 1. The first-order valence-electron chi connectivity index (χ1n) is 5.73. The zero-order valence-electron chi connectivity index (χ0n) is 10.1. The van der Waals surface area contributed by atoms with Gasteiger partial charge in [-0.1, -0.05) is 30.3 Å². The van der Waals surface area contributed by atoms with Gasteiger partial charge in [0.2, 0.25) is 0 Å². The van der Waals surface area contributed by atoms with Crippen molar-refractivity contribution in [2.24, 2.45) is 0 Å². The number of fused-ring (bicyclic) bond motifs is 1. The van der Waals surface area contributed by atoms with Crippen LogP contribution < -0.4 is 4.18 Å². The molecule has 0 saturated carbocycles. The molecule has 0 spiro atoms. The molecular formula is C13H10N2O4S. The molecule has 0 bridgehead atoms. The minimum Gasteiger partial charge on any atom is -0.362 e. The molecule has 3 aromatic rings. The van der Waals surface area contributed by atoms with Crippen LogP contribution in [0.1, 0.15) is 0 Å². The maximum absolute atomic E-state index is 10.7. The Bertz CT molecular complexity index is 856. The first-order chi connectivity index (χ1) is 9.51. The van der Waals surface area contributed by atoms with Crippen molar-refractivity contribution in [1.82, 2.24) is 9.97 Å². The van der Waals surface area contributed by atoms with Crippen molar-refractivity contribution in [1.29, 1.82) is 0 Å². The van der Waals surface area contributed by atoms with E-state index in [0.717, 1.165) is 5.56 Å². The van der Waals surface area contributed by atoms with Crippen LogP contribution in [0.15, 0.2) is 48.5 Å². The summed E-state index contributed by atoms with van der Waals surface area (Å²) in [6.07, 6.45) is 0. The average molecular weight is 290 g/mol. The standard InChI is InChI=1S/C13H10N2O4S/c16-20(17,18)19-10-6-7-11-12(8-10)15-13(14-11)9-4-2-1-3-5-9/h1-8H,(H,14,15)(H,16,17,18). The van der Waals surface area contributed by atoms with E-state index in [9.17, 15) is 8.42 Å². The lowest BCUT2D eigenvalue weighted by Gasteiger charge is -1.99. The van der Waals surface area contributed by atoms with Gasteiger partial charge in [0.15, 0.2) is 0 Å². The van der Waals surface area contributed by atoms with Gasteiger partial charge in [-0.25, -0.2) is 4.98 Å². The molecule has 7 heteroatoms. The maximum atomic E-state index is 10.7. The highest BCUT2D eigenvalue weighted by atomic mass is 32.3. The number of hydrogen-bond acceptors (Lipinski definition) is 4. The normalized spacial score (nSPS) is 11.7. The third-order valence-electron chi connectivity index (χ3n) is 2.70. The number of rotatable bonds is 3. The molecule has 1 heterocycles. The van der Waals surface area contributed by atoms with Gasteiger partial charge >= 0.3 is 10.4 Å². The quantitative estimate of drug-likeness (QED) is 0.723. The van der Waals surface area contributed by atoms with E-state index in [1.807, 2.05) is 30.3 Å². The predicted octanol–water partition coefficient (Wildman–Crippen LogP) is 2.41. The van der Waals surface area contributed by atoms with E-state index in [-0.39, 0.29) is 5.75 Å². The van der Waals surface area contributed by atoms with Gasteiger partial charge in [0.25, 0.3) is 0 Å². The number of aromatic nitrogens is 2. The summed E-state index contributed by atoms with van der Waals surface area (Å²) in [6, 6.07) is 14.0. The van der Waals surface area contributed by atoms with Crippen molar-refractivity contribution in [2.75, 3.05) is 0 Å². The molecule has 1 aromatic heterocycles. The Morgan fingerprint density at radius 2 is 1.85 bits per heavy atom. The molecule has 2 aromatic carbocycles. The molecule has 0 radical (unpaired) electrons. The summed E-state index contributed by atoms with van der Waals surface area (Å²) in [4.78, 5) is 7.47. The van der Waals surface area contributed by atoms with Crippen LogP contribution in [0, 0.1) is 0 Å². The Morgan fingerprint density at radius 3 is 2.55 bits per heavy atom. The smallest absolute Gasteiger partial charge is 0.362 e. The molecule has 0 atom stereocenters. The van der Waals surface area contributed by atoms with E-state index in [4.69, 9.17) is 4.55 Å². The monoisotopic (exact) mass is 290 g/mol. The zero-order valence-corrected chi connectivity index (χ0v) is 11.0. The van der Waals surface area contributed by atoms with Gasteiger partial charge < -0.3 is 9.17 Å². The van der Waals surface area contributed by atoms with Crippen molar-refractivity contribution in [3.63, 3.8) is 0 Å². The molecule has 0 aliphatic carbocycles. The minimum absolute atomic E-state index is 0.0169. The molecule has 0 amide bonds. The van der Waals surface area contributed by atoms with Gasteiger partial charge in [-0.05, 0) is 12.1 Å². The molecule has 0 unspecified atom stereocenters. The van der Waals surface area contributed by atoms with Crippen LogP contribution in [0.3, 0.4) is 0 Å². The van der Waals surface area contributed by atoms with E-state index in [1.165, 1.54) is 12.1 Å². The van der Waals surface area contributed by atoms with Crippen LogP contribution in [-0.2, 0) is 10.4 Å². The average Bonchev–Trinajstić information content (AvgIpc) is 2.81. The van der Waals surface area contributed by atoms with Crippen molar-refractivity contribution in [2.45, 2.75) is 0 Å². The fourth-order valence-corrected chi connectivity index (χ4v) is 2.24. The molecule has 3 rings (SSSR count). The summed E-state index contributed by atoms with van der Waals surface area (Å²) in [5.74, 6) is 0.688. The number of aromatic amines is 1. The number of hydrogen-bond donors (Lipinski definition) is 2. The summed E-state index contributed by atoms with van der Waals surface area (Å²) in [5, 5.41) is 0. The van der Waals surface area contributed by atoms with E-state index in [2.05, 4.69) is 14.2 Å². The van der Waals surface area contributed by atoms with E-state index in [0.29, 0.717) is 16.9 Å². The number of nitrogens with zero attached hydrogens (tertiary/aromatic N) is 1. The van der Waals surface area contributed by atoms with Crippen LogP contribution in [0.5, 0.6) is 5.75 Å². The molecular weight excluding hydrogens is 280 g/mol. The largest absolute Gasteiger partial charge is 0.446 e. The van der Waals surface area contributed by atoms with Crippen LogP contribution in [0.25, 0.3) is 22.4 Å². The molecule has 0 saturated heterocycles. The first-order valence-corrected chi connectivity index (χ1v) is 7.10. The summed E-state index contributed by atoms with van der Waals surface area (Å²) in [6.45, 7) is 0. The number of benzene rings is 2. The van der Waals surface area contributed by atoms with Gasteiger partial charge in [-0.2, -0.15) is 8.42 Å². The van der Waals surface area contributed by atoms with Gasteiger partial charge in [-0.15, -0.1) is 0 Å². The second-order valence-corrected chi connectivity index (χ2v) is 5.16. The molecule has 2 N–H and O–H groups in total. The molecule has 6 nitrogen and oxygen atoms in total. The first kappa shape index (κ1) is 12.6. The molecule has 0 fully saturated rings. The lowest BCUT2D eigenvalue weighted by atomic mass is 10.2. The van der Waals surface area contributed by atoms with E-state index < -0.39 is 10.4 Å². The number of nitrogens with one attached hydrogen (secondary N) is 1. The fourth-order valence-electron chi connectivity index (χ4n) is 1.89. The maximum Gasteiger partial charge on any atom is 0.446 e. The molecule has 20 heavy (non-hydrogen) atoms. The zero-order chi connectivity index (χ0) is 14.2. The highest BCUT2D eigenvalue weighted by Crippen LogP contribution is 2.24. The highest BCUT2D eigenvalue weighted by Gasteiger charge is 2.10. The van der Waals surface area contributed by atoms with Crippen molar-refractivity contribution >= 4 is 21.4 Å². The second kappa shape index (κ2) is 4.62. The minimum atomic E-state index is -4.53. The Morgan fingerprint density at radius 1 is 1.10 bits per heavy atom. The fraction of sp³-hybridized carbons (Fsp3) is 0. The van der Waals surface area contributed by atoms with Gasteiger partial charge in [-0.3, -0.25) is 4.55 Å². The third-order valence-corrected chi connectivity index (χ3v) is 3.11. The van der Waals surface area contributed by atoms with Crippen molar-refractivity contribution < 1.29 is 17.2 Å². The Kier molecular flexibility index (Phi) is 2.92. The van der Waals surface area contributed by atoms with Crippen LogP contribution in [0.2, 0.25) is 0 Å². The molecule has 102 valence electrons. The predicted molar refractivity (Wildman–Crippen MR) is 73.7 cm³/mol. The lowest BCUT2D eigenvalue weighted by molar-refractivity contribution is 0.387. The van der Waals surface area contributed by atoms with Crippen LogP contribution in [-0.4, -0.2) is 22.9 Å². The van der Waals surface area contributed by atoms with Crippen LogP contribution in [0.4, 0.5) is 0 Å². The van der Waals surface area contributed by atoms with Crippen molar-refractivity contribution in [3.8, 4) is 17.1 Å². The van der Waals surface area contributed by atoms with Gasteiger partial charge in [0.1, 0.15) is 11.6 Å². The molecule has 0 aliphatic rings. The Balaban J connectivity index is 2.04. The summed E-state index contributed by atoms with van der Waals surface area (Å²) in [5.41, 5.74) is 2.21. The summed E-state index contributed by atoms with van der Waals surface area (Å²) in [7, 11) is -4.53. The Labute approximate surface area is 115 Å². The third kappa shape index (κ3) is 2.63. The lowest BCUT2D eigenvalue weighted by Crippen LogP contribution is -2.06. The van der Waals surface area contributed by atoms with Gasteiger partial charge in [0.05, 0.1) is 11.0 Å².